The van der Waals surface area contributed by atoms with Crippen LogP contribution in [0.25, 0.3) is 22.3 Å². The predicted octanol–water partition coefficient (Wildman–Crippen LogP) is 4.15. The van der Waals surface area contributed by atoms with Gasteiger partial charge in [0.15, 0.2) is 0 Å². The number of ether oxygens (including phenoxy) is 1. The van der Waals surface area contributed by atoms with Crippen molar-refractivity contribution in [2.24, 2.45) is 14.1 Å². The summed E-state index contributed by atoms with van der Waals surface area (Å²) in [5.74, 6) is -0.732. The topological polar surface area (TPSA) is 123 Å². The van der Waals surface area contributed by atoms with Crippen LogP contribution in [-0.4, -0.2) is 40.6 Å². The number of anilines is 1. The van der Waals surface area contributed by atoms with Gasteiger partial charge in [-0.3, -0.25) is 19.0 Å². The maximum Gasteiger partial charge on any atom is 0.330 e. The first-order chi connectivity index (χ1) is 21.5. The Balaban J connectivity index is 1.42. The highest BCUT2D eigenvalue weighted by atomic mass is 35.5. The predicted molar refractivity (Wildman–Crippen MR) is 171 cm³/mol. The third-order valence-corrected chi connectivity index (χ3v) is 8.43. The molecule has 1 aliphatic heterocycles. The van der Waals surface area contributed by atoms with Crippen LogP contribution in [0.5, 0.6) is 5.75 Å². The third-order valence-electron chi connectivity index (χ3n) is 8.02. The number of benzene rings is 3. The van der Waals surface area contributed by atoms with Gasteiger partial charge in [0.05, 0.1) is 12.1 Å². The number of aromatic nitrogens is 2. The second-order valence-corrected chi connectivity index (χ2v) is 11.4. The van der Waals surface area contributed by atoms with Crippen molar-refractivity contribution in [3.8, 4) is 28.0 Å². The molecule has 1 aliphatic rings. The zero-order valence-corrected chi connectivity index (χ0v) is 26.0. The number of nitrogens with one attached hydrogen (secondary N) is 3. The van der Waals surface area contributed by atoms with Gasteiger partial charge >= 0.3 is 5.69 Å². The molecule has 0 spiro atoms. The van der Waals surface area contributed by atoms with E-state index in [1.54, 1.807) is 24.3 Å². The SMILES string of the molecule is COc1cc(-c2cccc(-c3cccc(NC(=O)c4cn(C)c(=O)n(C)c4=O)c3C)c2Cl)cc(F)c1CNC[C@@H]1CCC(=O)N1. The first kappa shape index (κ1) is 31.7. The van der Waals surface area contributed by atoms with Crippen molar-refractivity contribution in [2.75, 3.05) is 19.0 Å². The fourth-order valence-electron chi connectivity index (χ4n) is 5.50. The van der Waals surface area contributed by atoms with Gasteiger partial charge in [-0.05, 0) is 48.2 Å². The number of carbonyl (C=O) groups is 2. The van der Waals surface area contributed by atoms with E-state index in [9.17, 15) is 19.2 Å². The second-order valence-electron chi connectivity index (χ2n) is 11.0. The van der Waals surface area contributed by atoms with E-state index in [0.29, 0.717) is 57.2 Å². The van der Waals surface area contributed by atoms with E-state index in [2.05, 4.69) is 16.0 Å². The number of carbonyl (C=O) groups excluding carboxylic acids is 2. The van der Waals surface area contributed by atoms with E-state index in [-0.39, 0.29) is 24.1 Å². The van der Waals surface area contributed by atoms with Crippen LogP contribution in [0.15, 0.2) is 64.3 Å². The summed E-state index contributed by atoms with van der Waals surface area (Å²) in [5.41, 5.74) is 2.58. The van der Waals surface area contributed by atoms with Gasteiger partial charge in [0.2, 0.25) is 5.91 Å². The van der Waals surface area contributed by atoms with Gasteiger partial charge in [-0.1, -0.05) is 41.9 Å². The molecular formula is C33H33ClFN5O5. The normalized spacial score (nSPS) is 14.4. The fourth-order valence-corrected chi connectivity index (χ4v) is 5.84. The average Bonchev–Trinajstić information content (AvgIpc) is 3.44. The maximum atomic E-state index is 15.5. The lowest BCUT2D eigenvalue weighted by molar-refractivity contribution is -0.119. The number of hydrogen-bond donors (Lipinski definition) is 3. The lowest BCUT2D eigenvalue weighted by Gasteiger charge is -2.17. The number of nitrogens with zero attached hydrogens (tertiary/aromatic N) is 2. The van der Waals surface area contributed by atoms with Crippen molar-refractivity contribution in [2.45, 2.75) is 32.4 Å². The molecule has 3 N–H and O–H groups in total. The first-order valence-corrected chi connectivity index (χ1v) is 14.7. The molecule has 0 bridgehead atoms. The third kappa shape index (κ3) is 6.40. The molecule has 3 aromatic carbocycles. The van der Waals surface area contributed by atoms with Crippen LogP contribution in [0.4, 0.5) is 10.1 Å². The van der Waals surface area contributed by atoms with Crippen LogP contribution in [0, 0.1) is 12.7 Å². The van der Waals surface area contributed by atoms with E-state index in [4.69, 9.17) is 16.3 Å². The molecular weight excluding hydrogens is 601 g/mol. The van der Waals surface area contributed by atoms with Gasteiger partial charge in [-0.2, -0.15) is 0 Å². The molecule has 1 atom stereocenters. The Morgan fingerprint density at radius 1 is 1.09 bits per heavy atom. The number of methoxy groups -OCH3 is 1. The van der Waals surface area contributed by atoms with Crippen molar-refractivity contribution < 1.29 is 18.7 Å². The minimum atomic E-state index is -0.702. The highest BCUT2D eigenvalue weighted by Gasteiger charge is 2.22. The summed E-state index contributed by atoms with van der Waals surface area (Å²) in [6.45, 7) is 2.55. The van der Waals surface area contributed by atoms with Crippen LogP contribution < -0.4 is 31.9 Å². The Labute approximate surface area is 263 Å². The molecule has 45 heavy (non-hydrogen) atoms. The average molecular weight is 634 g/mol. The fraction of sp³-hybridized carbons (Fsp3) is 0.273. The van der Waals surface area contributed by atoms with Crippen molar-refractivity contribution in [3.63, 3.8) is 0 Å². The summed E-state index contributed by atoms with van der Waals surface area (Å²) in [6, 6.07) is 13.9. The maximum absolute atomic E-state index is 15.5. The van der Waals surface area contributed by atoms with Gasteiger partial charge in [0, 0.05) is 68.2 Å². The van der Waals surface area contributed by atoms with E-state index < -0.39 is 23.0 Å². The Morgan fingerprint density at radius 3 is 2.51 bits per heavy atom. The summed E-state index contributed by atoms with van der Waals surface area (Å²) in [7, 11) is 4.25. The molecule has 5 rings (SSSR count). The Bertz CT molecular complexity index is 1940. The minimum Gasteiger partial charge on any atom is -0.496 e. The van der Waals surface area contributed by atoms with Crippen LogP contribution in [0.1, 0.15) is 34.3 Å². The van der Waals surface area contributed by atoms with Crippen LogP contribution >= 0.6 is 11.6 Å². The van der Waals surface area contributed by atoms with Gasteiger partial charge in [0.25, 0.3) is 11.5 Å². The second kappa shape index (κ2) is 13.1. The lowest BCUT2D eigenvalue weighted by Crippen LogP contribution is -2.40. The molecule has 2 amide bonds. The molecule has 10 nitrogen and oxygen atoms in total. The molecule has 2 heterocycles. The quantitative estimate of drug-likeness (QED) is 0.255. The molecule has 1 fully saturated rings. The zero-order valence-electron chi connectivity index (χ0n) is 25.3. The van der Waals surface area contributed by atoms with Crippen molar-refractivity contribution in [1.82, 2.24) is 19.8 Å². The zero-order chi connectivity index (χ0) is 32.4. The lowest BCUT2D eigenvalue weighted by atomic mass is 9.94. The van der Waals surface area contributed by atoms with E-state index in [0.717, 1.165) is 16.6 Å². The number of aryl methyl sites for hydroxylation is 1. The summed E-state index contributed by atoms with van der Waals surface area (Å²) in [6.07, 6.45) is 2.45. The molecule has 0 aliphatic carbocycles. The van der Waals surface area contributed by atoms with Crippen LogP contribution in [0.3, 0.4) is 0 Å². The molecule has 1 aromatic heterocycles. The van der Waals surface area contributed by atoms with E-state index in [1.165, 1.54) is 38.0 Å². The molecule has 0 saturated carbocycles. The molecule has 0 radical (unpaired) electrons. The van der Waals surface area contributed by atoms with E-state index >= 15 is 4.39 Å². The minimum absolute atomic E-state index is 0.0172. The molecule has 12 heteroatoms. The van der Waals surface area contributed by atoms with Crippen molar-refractivity contribution in [1.29, 1.82) is 0 Å². The summed E-state index contributed by atoms with van der Waals surface area (Å²) in [5, 5.41) is 9.24. The summed E-state index contributed by atoms with van der Waals surface area (Å²) >= 11 is 6.96. The number of amides is 2. The molecule has 0 unspecified atom stereocenters. The van der Waals surface area contributed by atoms with Crippen molar-refractivity contribution in [3.05, 3.63) is 103 Å². The summed E-state index contributed by atoms with van der Waals surface area (Å²) < 4.78 is 23.1. The first-order valence-electron chi connectivity index (χ1n) is 14.3. The highest BCUT2D eigenvalue weighted by molar-refractivity contribution is 6.36. The standard InChI is InChI=1S/C33H33ClFN5O5/c1-18-21(7-6-10-27(18)38-31(42)25-17-39(2)33(44)40(3)32(25)43)23-9-5-8-22(30(23)34)19-13-26(35)24(28(14-19)45-4)16-36-15-20-11-12-29(41)37-20/h5-10,13-14,17,20,36H,11-12,15-16H2,1-4H3,(H,37,41)(H,38,42)/t20-/m0/s1. The van der Waals surface area contributed by atoms with E-state index in [1.807, 2.05) is 25.1 Å². The Kier molecular flexibility index (Phi) is 9.21. The Hall–Kier alpha value is -4.74. The van der Waals surface area contributed by atoms with Crippen LogP contribution in [-0.2, 0) is 25.4 Å². The Morgan fingerprint density at radius 2 is 1.80 bits per heavy atom. The largest absolute Gasteiger partial charge is 0.496 e. The number of rotatable bonds is 9. The van der Waals surface area contributed by atoms with Crippen LogP contribution in [0.2, 0.25) is 5.02 Å². The van der Waals surface area contributed by atoms with Gasteiger partial charge in [-0.15, -0.1) is 0 Å². The van der Waals surface area contributed by atoms with Gasteiger partial charge in [-0.25, -0.2) is 9.18 Å². The number of halogens is 2. The van der Waals surface area contributed by atoms with Gasteiger partial charge < -0.3 is 25.3 Å². The number of hydrogen-bond acceptors (Lipinski definition) is 6. The smallest absolute Gasteiger partial charge is 0.330 e. The van der Waals surface area contributed by atoms with Crippen molar-refractivity contribution >= 4 is 29.1 Å². The monoisotopic (exact) mass is 633 g/mol. The highest BCUT2D eigenvalue weighted by Crippen LogP contribution is 2.40. The molecule has 4 aromatic rings. The molecule has 1 saturated heterocycles. The molecule has 234 valence electrons. The summed E-state index contributed by atoms with van der Waals surface area (Å²) in [4.78, 5) is 49.2. The van der Waals surface area contributed by atoms with Gasteiger partial charge in [0.1, 0.15) is 17.1 Å².